The number of benzene rings is 6. The second-order valence-electron chi connectivity index (χ2n) is 13.7. The summed E-state index contributed by atoms with van der Waals surface area (Å²) in [6.07, 6.45) is -4.00. The van der Waals surface area contributed by atoms with E-state index in [0.717, 1.165) is 16.5 Å². The summed E-state index contributed by atoms with van der Waals surface area (Å²) in [5, 5.41) is 1.74. The van der Waals surface area contributed by atoms with Crippen LogP contribution in [0.1, 0.15) is 10.4 Å². The molecule has 0 aliphatic rings. The maximum Gasteiger partial charge on any atom is 0.212 e. The average Bonchev–Trinajstić information content (AvgIpc) is 3.25. The quantitative estimate of drug-likeness (QED) is 0.0384. The van der Waals surface area contributed by atoms with E-state index in [0.29, 0.717) is 5.56 Å². The van der Waals surface area contributed by atoms with E-state index >= 15 is 35.1 Å². The van der Waals surface area contributed by atoms with E-state index in [9.17, 15) is 61.7 Å². The third-order valence-corrected chi connectivity index (χ3v) is 10.5. The van der Waals surface area contributed by atoms with Crippen LogP contribution in [0.25, 0.3) is 10.8 Å². The molecule has 0 fully saturated rings. The van der Waals surface area contributed by atoms with Crippen LogP contribution in [0, 0.1) is 116 Å². The van der Waals surface area contributed by atoms with Crippen molar-refractivity contribution in [3.8, 4) is 5.75 Å². The Morgan fingerprint density at radius 3 is 0.922 bits per heavy atom. The van der Waals surface area contributed by atoms with E-state index < -0.39 is 154 Å². The van der Waals surface area contributed by atoms with Gasteiger partial charge in [0, 0.05) is 10.9 Å². The Bertz CT molecular complexity index is 2610. The molecule has 0 radical (unpaired) electrons. The fourth-order valence-electron chi connectivity index (χ4n) is 6.96. The van der Waals surface area contributed by atoms with Crippen molar-refractivity contribution in [1.29, 1.82) is 0 Å². The lowest BCUT2D eigenvalue weighted by atomic mass is 9.12. The number of hydrogen-bond acceptors (Lipinski definition) is 3. The van der Waals surface area contributed by atoms with Gasteiger partial charge in [-0.3, -0.25) is 4.79 Å². The number of ketones is 1. The molecule has 0 aromatic heterocycles. The first-order chi connectivity index (χ1) is 29.6. The zero-order valence-corrected chi connectivity index (χ0v) is 32.3. The van der Waals surface area contributed by atoms with Gasteiger partial charge in [-0.15, -0.1) is 26.1 Å². The van der Waals surface area contributed by atoms with Crippen LogP contribution in [0.3, 0.4) is 0 Å². The molecule has 6 aromatic rings. The number of rotatable bonds is 8. The van der Waals surface area contributed by atoms with Crippen molar-refractivity contribution in [2.75, 3.05) is 25.4 Å². The summed E-state index contributed by atoms with van der Waals surface area (Å²) in [7, 11) is -0.481. The Morgan fingerprint density at radius 1 is 0.422 bits per heavy atom. The molecule has 0 heterocycles. The first-order valence-electron chi connectivity index (χ1n) is 16.9. The van der Waals surface area contributed by atoms with Crippen molar-refractivity contribution < 1.29 is 102 Å². The zero-order valence-electron chi connectivity index (χ0n) is 31.4. The van der Waals surface area contributed by atoms with Crippen molar-refractivity contribution in [2.24, 2.45) is 0 Å². The topological polar surface area (TPSA) is 43.4 Å². The second-order valence-corrected chi connectivity index (χ2v) is 16.8. The maximum atomic E-state index is 15.4. The number of ether oxygens (including phenoxy) is 1. The van der Waals surface area contributed by atoms with Crippen LogP contribution in [0.15, 0.2) is 36.4 Å². The molecule has 0 spiro atoms. The molecule has 0 bridgehead atoms. The summed E-state index contributed by atoms with van der Waals surface area (Å²) in [5.74, 6) is -70.7. The van der Waals surface area contributed by atoms with Gasteiger partial charge in [-0.2, -0.15) is 0 Å². The van der Waals surface area contributed by atoms with Gasteiger partial charge in [-0.25, -0.2) is 87.8 Å². The fourth-order valence-corrected chi connectivity index (χ4v) is 7.75. The van der Waals surface area contributed by atoms with E-state index in [-0.39, 0.29) is 11.5 Å². The number of Topliss-reactive ketones (excluding diaryl/α,β-unsaturated/α-hetero) is 1. The Balaban J connectivity index is 0.000000337. The molecule has 6 aromatic carbocycles. The standard InChI is InChI=1S/C24BF20.C15H17O3S/c26-5-1(6(27)14(35)21(42)13(5)34)25(2-7(28)15(36)22(43)16(37)8(2)29,3-9(30)17(38)23(44)18(39)10(3)31)4-11(32)19(40)24(45)20(41)12(4)33;1-18-15-9-8-12(14(16)10-19(2,3)17)11-6-4-5-7-13(11)15/h;4-9H,10H2,1-3H3/q-1;+1. The van der Waals surface area contributed by atoms with Crippen LogP contribution in [0.4, 0.5) is 87.8 Å². The summed E-state index contributed by atoms with van der Waals surface area (Å²) < 4.78 is 311. The summed E-state index contributed by atoms with van der Waals surface area (Å²) in [4.78, 5) is 12.3. The van der Waals surface area contributed by atoms with Crippen LogP contribution in [-0.4, -0.2) is 37.3 Å². The molecule has 6 rings (SSSR count). The van der Waals surface area contributed by atoms with Crippen LogP contribution in [-0.2, 0) is 14.1 Å². The highest BCUT2D eigenvalue weighted by Gasteiger charge is 2.52. The monoisotopic (exact) mass is 956 g/mol. The summed E-state index contributed by atoms with van der Waals surface area (Å²) in [6.45, 7) is 0. The van der Waals surface area contributed by atoms with Crippen molar-refractivity contribution in [3.05, 3.63) is 158 Å². The molecule has 64 heavy (non-hydrogen) atoms. The number of hydrogen-bond donors (Lipinski definition) is 0. The normalized spacial score (nSPS) is 11.9. The van der Waals surface area contributed by atoms with E-state index in [1.54, 1.807) is 31.8 Å². The van der Waals surface area contributed by atoms with Crippen LogP contribution in [0.2, 0.25) is 0 Å². The number of carbonyl (C=O) groups excluding carboxylic acids is 1. The summed E-state index contributed by atoms with van der Waals surface area (Å²) in [6, 6.07) is 11.1. The van der Waals surface area contributed by atoms with Crippen molar-refractivity contribution in [1.82, 2.24) is 0 Å². The molecular weight excluding hydrogens is 939 g/mol. The summed E-state index contributed by atoms with van der Waals surface area (Å²) >= 11 is 0. The number of methoxy groups -OCH3 is 1. The lowest BCUT2D eigenvalue weighted by Gasteiger charge is -2.44. The first kappa shape index (κ1) is 48.9. The molecule has 0 atom stereocenters. The zero-order chi connectivity index (χ0) is 48.4. The van der Waals surface area contributed by atoms with Gasteiger partial charge in [0.25, 0.3) is 0 Å². The third kappa shape index (κ3) is 7.59. The van der Waals surface area contributed by atoms with Gasteiger partial charge >= 0.3 is 0 Å². The van der Waals surface area contributed by atoms with Crippen molar-refractivity contribution in [2.45, 2.75) is 0 Å². The third-order valence-electron chi connectivity index (χ3n) is 9.59. The van der Waals surface area contributed by atoms with Gasteiger partial charge in [0.15, 0.2) is 75.6 Å². The van der Waals surface area contributed by atoms with Crippen LogP contribution < -0.4 is 26.6 Å². The van der Waals surface area contributed by atoms with E-state index in [2.05, 4.69) is 0 Å². The number of carbonyl (C=O) groups is 1. The lowest BCUT2D eigenvalue weighted by molar-refractivity contribution is 0.102. The Kier molecular flexibility index (Phi) is 13.3. The van der Waals surface area contributed by atoms with Gasteiger partial charge in [0.1, 0.15) is 70.9 Å². The molecule has 0 saturated heterocycles. The van der Waals surface area contributed by atoms with Gasteiger partial charge in [-0.05, 0) is 17.5 Å². The number of halogens is 20. The molecule has 0 saturated carbocycles. The SMILES string of the molecule is COc1ccc(C(=O)C[S+](C)(C)=O)c2ccccc12.Fc1c(F)c(F)c([B-](c2c(F)c(F)c(F)c(F)c2F)(c2c(F)c(F)c(F)c(F)c2F)c2c(F)c(F)c(F)c(F)c2F)c(F)c1F. The van der Waals surface area contributed by atoms with Crippen molar-refractivity contribution >= 4 is 54.5 Å². The lowest BCUT2D eigenvalue weighted by Crippen LogP contribution is -2.81. The minimum absolute atomic E-state index is 0.0727. The number of fused-ring (bicyclic) bond motifs is 1. The van der Waals surface area contributed by atoms with Crippen molar-refractivity contribution in [3.63, 3.8) is 0 Å². The van der Waals surface area contributed by atoms with E-state index in [1.165, 1.54) is 0 Å². The van der Waals surface area contributed by atoms with E-state index in [1.807, 2.05) is 24.3 Å². The molecule has 0 amide bonds. The summed E-state index contributed by atoms with van der Waals surface area (Å²) in [5.41, 5.74) is -13.7. The average molecular weight is 956 g/mol. The Labute approximate surface area is 345 Å². The second kappa shape index (κ2) is 17.4. The van der Waals surface area contributed by atoms with Crippen LogP contribution in [0.5, 0.6) is 5.75 Å². The highest BCUT2D eigenvalue weighted by Crippen LogP contribution is 2.32. The predicted molar refractivity (Wildman–Crippen MR) is 189 cm³/mol. The van der Waals surface area contributed by atoms with Gasteiger partial charge in [0.2, 0.25) is 5.78 Å². The maximum absolute atomic E-state index is 15.4. The molecule has 25 heteroatoms. The molecule has 0 N–H and O–H groups in total. The molecule has 0 unspecified atom stereocenters. The highest BCUT2D eigenvalue weighted by molar-refractivity contribution is 8.02. The molecular formula is C39H17BF20O3S. The predicted octanol–water partition coefficient (Wildman–Crippen LogP) is 8.64. The van der Waals surface area contributed by atoms with Gasteiger partial charge in [0.05, 0.1) is 17.0 Å². The van der Waals surface area contributed by atoms with E-state index in [4.69, 9.17) is 4.74 Å². The minimum atomic E-state index is -7.22. The first-order valence-corrected chi connectivity index (χ1v) is 19.4. The minimum Gasteiger partial charge on any atom is -0.496 e. The molecule has 0 aliphatic heterocycles. The Morgan fingerprint density at radius 2 is 0.672 bits per heavy atom. The molecule has 0 aliphatic carbocycles. The highest BCUT2D eigenvalue weighted by atomic mass is 32.2. The molecule has 340 valence electrons. The fraction of sp³-hybridized carbons (Fsp3) is 0.103. The Hall–Kier alpha value is -6.14. The molecule has 3 nitrogen and oxygen atoms in total. The largest absolute Gasteiger partial charge is 0.496 e. The van der Waals surface area contributed by atoms with Crippen LogP contribution >= 0.6 is 0 Å². The smallest absolute Gasteiger partial charge is 0.212 e. The van der Waals surface area contributed by atoms with Gasteiger partial charge < -0.3 is 4.74 Å². The van der Waals surface area contributed by atoms with Gasteiger partial charge in [-0.1, -0.05) is 24.3 Å².